The number of nitrogens with zero attached hydrogens (tertiary/aromatic N) is 5. The maximum Gasteiger partial charge on any atom is 0.244 e. The second-order valence-corrected chi connectivity index (χ2v) is 9.97. The molecule has 1 spiro atoms. The molecule has 2 saturated heterocycles. The number of aromatic amines is 1. The number of carbonyl (C=O) groups is 2. The summed E-state index contributed by atoms with van der Waals surface area (Å²) < 4.78 is 5.52. The van der Waals surface area contributed by atoms with Crippen molar-refractivity contribution in [2.24, 2.45) is 11.3 Å². The Balaban J connectivity index is 1.44. The molecule has 33 heavy (non-hydrogen) atoms. The lowest BCUT2D eigenvalue weighted by atomic mass is 9.76. The number of H-pyrrole nitrogens is 1. The van der Waals surface area contributed by atoms with Crippen molar-refractivity contribution >= 4 is 11.8 Å². The van der Waals surface area contributed by atoms with E-state index < -0.39 is 0 Å². The van der Waals surface area contributed by atoms with E-state index in [1.54, 1.807) is 6.92 Å². The fraction of sp³-hybridized carbons (Fsp3) is 0.696. The molecule has 0 bridgehead atoms. The first-order chi connectivity index (χ1) is 15.7. The Labute approximate surface area is 194 Å². The fourth-order valence-corrected chi connectivity index (χ4v) is 5.19. The Hall–Kier alpha value is -2.75. The molecule has 4 heterocycles. The molecule has 10 nitrogen and oxygen atoms in total. The summed E-state index contributed by atoms with van der Waals surface area (Å²) in [4.78, 5) is 33.9. The first kappa shape index (κ1) is 23.4. The Bertz CT molecular complexity index is 984. The summed E-state index contributed by atoms with van der Waals surface area (Å²) in [5.41, 5.74) is 2.93. The number of likely N-dealkylation sites (tertiary alicyclic amines) is 2. The summed E-state index contributed by atoms with van der Waals surface area (Å²) in [5.74, 6) is 1.35. The van der Waals surface area contributed by atoms with Gasteiger partial charge < -0.3 is 14.7 Å². The third-order valence-corrected chi connectivity index (χ3v) is 7.15. The number of hydrogen-bond donors (Lipinski definition) is 2. The molecule has 0 saturated carbocycles. The zero-order valence-corrected chi connectivity index (χ0v) is 20.3. The molecule has 10 heteroatoms. The van der Waals surface area contributed by atoms with Crippen LogP contribution in [0.4, 0.5) is 0 Å². The zero-order valence-electron chi connectivity index (χ0n) is 20.3. The molecule has 2 N–H and O–H groups in total. The molecule has 1 atom stereocenters. The lowest BCUT2D eigenvalue weighted by Crippen LogP contribution is -2.46. The normalized spacial score (nSPS) is 20.7. The van der Waals surface area contributed by atoms with Crippen LogP contribution < -0.4 is 5.32 Å². The minimum absolute atomic E-state index is 0.0134. The van der Waals surface area contributed by atoms with Gasteiger partial charge in [-0.2, -0.15) is 10.1 Å². The van der Waals surface area contributed by atoms with Crippen LogP contribution in [0, 0.1) is 32.1 Å². The maximum absolute atomic E-state index is 12.9. The minimum atomic E-state index is -0.0957. The van der Waals surface area contributed by atoms with Gasteiger partial charge in [0.05, 0.1) is 18.3 Å². The highest BCUT2D eigenvalue weighted by molar-refractivity contribution is 5.78. The van der Waals surface area contributed by atoms with Gasteiger partial charge in [-0.3, -0.25) is 19.6 Å². The molecular formula is C23H35N7O3. The smallest absolute Gasteiger partial charge is 0.244 e. The highest BCUT2D eigenvalue weighted by Gasteiger charge is 2.48. The van der Waals surface area contributed by atoms with Crippen molar-refractivity contribution < 1.29 is 14.1 Å². The van der Waals surface area contributed by atoms with E-state index in [4.69, 9.17) is 4.52 Å². The Kier molecular flexibility index (Phi) is 6.56. The van der Waals surface area contributed by atoms with Crippen LogP contribution >= 0.6 is 0 Å². The number of piperidine rings is 1. The summed E-state index contributed by atoms with van der Waals surface area (Å²) in [5, 5.41) is 14.2. The van der Waals surface area contributed by atoms with E-state index in [1.807, 2.05) is 32.6 Å². The summed E-state index contributed by atoms with van der Waals surface area (Å²) in [6, 6.07) is -0.0957. The van der Waals surface area contributed by atoms with Crippen LogP contribution in [-0.4, -0.2) is 68.1 Å². The van der Waals surface area contributed by atoms with Gasteiger partial charge in [0.25, 0.3) is 0 Å². The largest absolute Gasteiger partial charge is 0.351 e. The second-order valence-electron chi connectivity index (χ2n) is 9.97. The van der Waals surface area contributed by atoms with E-state index in [2.05, 4.69) is 30.6 Å². The van der Waals surface area contributed by atoms with E-state index >= 15 is 0 Å². The third kappa shape index (κ3) is 4.95. The van der Waals surface area contributed by atoms with Crippen molar-refractivity contribution in [1.82, 2.24) is 35.5 Å². The number of amides is 2. The summed E-state index contributed by atoms with van der Waals surface area (Å²) in [6.07, 6.45) is 2.69. The van der Waals surface area contributed by atoms with Crippen LogP contribution in [0.5, 0.6) is 0 Å². The number of aromatic nitrogens is 4. The van der Waals surface area contributed by atoms with Gasteiger partial charge in [0.1, 0.15) is 0 Å². The van der Waals surface area contributed by atoms with Crippen molar-refractivity contribution in [1.29, 1.82) is 0 Å². The average molecular weight is 458 g/mol. The van der Waals surface area contributed by atoms with Gasteiger partial charge in [0.15, 0.2) is 5.82 Å². The summed E-state index contributed by atoms with van der Waals surface area (Å²) >= 11 is 0. The molecule has 2 amide bonds. The molecule has 0 aliphatic carbocycles. The van der Waals surface area contributed by atoms with E-state index in [0.29, 0.717) is 18.3 Å². The minimum Gasteiger partial charge on any atom is -0.351 e. The predicted octanol–water partition coefficient (Wildman–Crippen LogP) is 2.05. The summed E-state index contributed by atoms with van der Waals surface area (Å²) in [7, 11) is 0. The van der Waals surface area contributed by atoms with Crippen molar-refractivity contribution in [2.75, 3.05) is 26.2 Å². The van der Waals surface area contributed by atoms with E-state index in [-0.39, 0.29) is 35.7 Å². The molecule has 2 fully saturated rings. The van der Waals surface area contributed by atoms with Crippen molar-refractivity contribution in [3.63, 3.8) is 0 Å². The highest BCUT2D eigenvalue weighted by Crippen LogP contribution is 2.48. The van der Waals surface area contributed by atoms with E-state index in [0.717, 1.165) is 55.8 Å². The van der Waals surface area contributed by atoms with Crippen LogP contribution in [0.1, 0.15) is 67.8 Å². The van der Waals surface area contributed by atoms with Crippen molar-refractivity contribution in [2.45, 2.75) is 66.5 Å². The lowest BCUT2D eigenvalue weighted by Gasteiger charge is -2.40. The number of carbonyl (C=O) groups excluding carboxylic acids is 2. The molecule has 2 aliphatic heterocycles. The monoisotopic (exact) mass is 457 g/mol. The van der Waals surface area contributed by atoms with Crippen LogP contribution in [0.3, 0.4) is 0 Å². The van der Waals surface area contributed by atoms with Gasteiger partial charge in [-0.25, -0.2) is 0 Å². The van der Waals surface area contributed by atoms with Gasteiger partial charge in [-0.1, -0.05) is 19.0 Å². The first-order valence-corrected chi connectivity index (χ1v) is 11.8. The lowest BCUT2D eigenvalue weighted by molar-refractivity contribution is -0.136. The zero-order chi connectivity index (χ0) is 23.8. The van der Waals surface area contributed by atoms with Gasteiger partial charge >= 0.3 is 0 Å². The van der Waals surface area contributed by atoms with Crippen molar-refractivity contribution in [3.8, 4) is 0 Å². The highest BCUT2D eigenvalue weighted by atomic mass is 16.5. The first-order valence-electron chi connectivity index (χ1n) is 11.8. The molecule has 2 aromatic heterocycles. The topological polar surface area (TPSA) is 120 Å². The number of aryl methyl sites for hydroxylation is 3. The molecule has 0 aromatic carbocycles. The predicted molar refractivity (Wildman–Crippen MR) is 121 cm³/mol. The molecular weight excluding hydrogens is 422 g/mol. The van der Waals surface area contributed by atoms with Gasteiger partial charge in [-0.05, 0) is 45.4 Å². The quantitative estimate of drug-likeness (QED) is 0.681. The maximum atomic E-state index is 12.9. The van der Waals surface area contributed by atoms with Crippen LogP contribution in [0.2, 0.25) is 0 Å². The molecule has 180 valence electrons. The van der Waals surface area contributed by atoms with Crippen LogP contribution in [0.15, 0.2) is 4.52 Å². The second kappa shape index (κ2) is 9.24. The third-order valence-electron chi connectivity index (χ3n) is 7.15. The SMILES string of the molecule is Cc1noc(C2CC3(CCN(C(=O)C(C)C)CC3)CN2CC(=O)NCc2c(C)n[nH]c2C)n1. The van der Waals surface area contributed by atoms with E-state index in [1.165, 1.54) is 0 Å². The number of nitrogens with one attached hydrogen (secondary N) is 2. The molecule has 2 aromatic rings. The Morgan fingerprint density at radius 2 is 1.97 bits per heavy atom. The number of rotatable bonds is 6. The van der Waals surface area contributed by atoms with E-state index in [9.17, 15) is 9.59 Å². The van der Waals surface area contributed by atoms with Crippen LogP contribution in [-0.2, 0) is 16.1 Å². The molecule has 1 unspecified atom stereocenters. The number of hydrogen-bond acceptors (Lipinski definition) is 7. The van der Waals surface area contributed by atoms with Gasteiger partial charge in [0.2, 0.25) is 17.7 Å². The standard InChI is InChI=1S/C23H35N7O3/c1-14(2)22(32)29-8-6-23(7-9-29)10-19(21-25-17(5)28-33-21)30(13-23)12-20(31)24-11-18-15(3)26-27-16(18)4/h14,19H,6-13H2,1-5H3,(H,24,31)(H,26,27). The summed E-state index contributed by atoms with van der Waals surface area (Å²) in [6.45, 7) is 12.6. The molecule has 4 rings (SSSR count). The molecule has 0 radical (unpaired) electrons. The average Bonchev–Trinajstić information content (AvgIpc) is 3.44. The molecule has 2 aliphatic rings. The fourth-order valence-electron chi connectivity index (χ4n) is 5.19. The van der Waals surface area contributed by atoms with Gasteiger partial charge in [0, 0.05) is 43.4 Å². The van der Waals surface area contributed by atoms with Crippen molar-refractivity contribution in [3.05, 3.63) is 28.7 Å². The van der Waals surface area contributed by atoms with Crippen LogP contribution in [0.25, 0.3) is 0 Å². The Morgan fingerprint density at radius 3 is 2.55 bits per heavy atom. The van der Waals surface area contributed by atoms with Gasteiger partial charge in [-0.15, -0.1) is 0 Å². The Morgan fingerprint density at radius 1 is 1.24 bits per heavy atom.